The molecule has 0 aromatic rings. The van der Waals surface area contributed by atoms with E-state index < -0.39 is 0 Å². The van der Waals surface area contributed by atoms with Crippen LogP contribution in [-0.4, -0.2) is 5.54 Å². The number of unbranched alkanes of at least 4 members (excludes halogenated alkanes) is 22. The molecule has 0 unspecified atom stereocenters. The fourth-order valence-corrected chi connectivity index (χ4v) is 4.37. The lowest BCUT2D eigenvalue weighted by atomic mass is 9.97. The summed E-state index contributed by atoms with van der Waals surface area (Å²) in [4.78, 5) is 0. The molecule has 0 aliphatic rings. The molecule has 0 saturated heterocycles. The van der Waals surface area contributed by atoms with Gasteiger partial charge in [0.2, 0.25) is 0 Å². The Morgan fingerprint density at radius 2 is 0.586 bits per heavy atom. The van der Waals surface area contributed by atoms with Crippen LogP contribution < -0.4 is 5.73 Å². The van der Waals surface area contributed by atoms with Crippen LogP contribution in [0.15, 0.2) is 0 Å². The van der Waals surface area contributed by atoms with Gasteiger partial charge >= 0.3 is 0 Å². The molecule has 0 rings (SSSR count). The maximum Gasteiger partial charge on any atom is 0.00970 e. The van der Waals surface area contributed by atoms with Crippen molar-refractivity contribution >= 4 is 0 Å². The van der Waals surface area contributed by atoms with Gasteiger partial charge in [0.05, 0.1) is 0 Å². The van der Waals surface area contributed by atoms with Crippen molar-refractivity contribution in [2.24, 2.45) is 5.73 Å². The van der Waals surface area contributed by atoms with Crippen molar-refractivity contribution in [1.82, 2.24) is 0 Å². The van der Waals surface area contributed by atoms with E-state index >= 15 is 0 Å². The van der Waals surface area contributed by atoms with Crippen LogP contribution in [0.25, 0.3) is 0 Å². The lowest BCUT2D eigenvalue weighted by Crippen LogP contribution is -2.31. The van der Waals surface area contributed by atoms with Crippen molar-refractivity contribution in [3.05, 3.63) is 0 Å². The molecule has 0 aliphatic carbocycles. The average Bonchev–Trinajstić information content (AvgIpc) is 2.67. The molecule has 0 aromatic heterocycles. The minimum atomic E-state index is 0.0350. The number of hydrogen-bond donors (Lipinski definition) is 1. The third-order valence-corrected chi connectivity index (χ3v) is 6.42. The molecule has 0 aliphatic heterocycles. The van der Waals surface area contributed by atoms with Crippen LogP contribution in [0.4, 0.5) is 0 Å². The zero-order valence-electron chi connectivity index (χ0n) is 21.0. The second-order valence-corrected chi connectivity index (χ2v) is 10.5. The Labute approximate surface area is 186 Å². The Hall–Kier alpha value is -0.0400. The first kappa shape index (κ1) is 29.0. The summed E-state index contributed by atoms with van der Waals surface area (Å²) in [6.45, 7) is 6.59. The summed E-state index contributed by atoms with van der Waals surface area (Å²) < 4.78 is 0. The highest BCUT2D eigenvalue weighted by Crippen LogP contribution is 2.16. The average molecular weight is 410 g/mol. The maximum absolute atomic E-state index is 6.03. The standard InChI is InChI=1S/C28H59N/c1-4-5-6-7-8-9-10-11-12-13-14-15-16-17-18-19-20-21-22-23-24-25-26-27-28(2,3)29/h4-27,29H2,1-3H3. The smallest absolute Gasteiger partial charge is 0.00970 e. The predicted molar refractivity (Wildman–Crippen MR) is 135 cm³/mol. The number of hydrogen-bond acceptors (Lipinski definition) is 1. The van der Waals surface area contributed by atoms with Crippen LogP contribution in [0.3, 0.4) is 0 Å². The topological polar surface area (TPSA) is 26.0 Å². The van der Waals surface area contributed by atoms with E-state index in [1.807, 2.05) is 0 Å². The first-order chi connectivity index (χ1) is 14.1. The summed E-state index contributed by atoms with van der Waals surface area (Å²) in [5, 5.41) is 0. The molecule has 0 heterocycles. The number of nitrogens with two attached hydrogens (primary N) is 1. The van der Waals surface area contributed by atoms with Crippen molar-refractivity contribution < 1.29 is 0 Å². The third-order valence-electron chi connectivity index (χ3n) is 6.42. The molecule has 0 saturated carbocycles. The third kappa shape index (κ3) is 28.0. The Balaban J connectivity index is 3.02. The van der Waals surface area contributed by atoms with Crippen molar-refractivity contribution in [3.8, 4) is 0 Å². The van der Waals surface area contributed by atoms with E-state index in [4.69, 9.17) is 5.73 Å². The molecular formula is C28H59N. The highest BCUT2D eigenvalue weighted by molar-refractivity contribution is 4.70. The van der Waals surface area contributed by atoms with Gasteiger partial charge < -0.3 is 5.73 Å². The quantitative estimate of drug-likeness (QED) is 0.158. The van der Waals surface area contributed by atoms with Crippen molar-refractivity contribution in [3.63, 3.8) is 0 Å². The van der Waals surface area contributed by atoms with Gasteiger partial charge in [-0.1, -0.05) is 155 Å². The van der Waals surface area contributed by atoms with Gasteiger partial charge in [-0.25, -0.2) is 0 Å². The zero-order valence-corrected chi connectivity index (χ0v) is 21.0. The van der Waals surface area contributed by atoms with Crippen LogP contribution in [-0.2, 0) is 0 Å². The molecule has 0 fully saturated rings. The molecule has 0 radical (unpaired) electrons. The van der Waals surface area contributed by atoms with E-state index in [2.05, 4.69) is 20.8 Å². The van der Waals surface area contributed by atoms with E-state index in [-0.39, 0.29) is 5.54 Å². The first-order valence-corrected chi connectivity index (χ1v) is 13.8. The van der Waals surface area contributed by atoms with E-state index in [0.717, 1.165) is 0 Å². The highest BCUT2D eigenvalue weighted by Gasteiger charge is 2.08. The van der Waals surface area contributed by atoms with Gasteiger partial charge in [-0.15, -0.1) is 0 Å². The van der Waals surface area contributed by atoms with Gasteiger partial charge in [0.15, 0.2) is 0 Å². The van der Waals surface area contributed by atoms with Gasteiger partial charge in [-0.2, -0.15) is 0 Å². The van der Waals surface area contributed by atoms with Gasteiger partial charge in [0, 0.05) is 5.54 Å². The summed E-state index contributed by atoms with van der Waals surface area (Å²) >= 11 is 0. The normalized spacial score (nSPS) is 12.0. The Kier molecular flexibility index (Phi) is 22.6. The minimum Gasteiger partial charge on any atom is -0.326 e. The van der Waals surface area contributed by atoms with Crippen molar-refractivity contribution in [2.45, 2.75) is 180 Å². The van der Waals surface area contributed by atoms with Crippen molar-refractivity contribution in [2.75, 3.05) is 0 Å². The SMILES string of the molecule is CCCCCCCCCCCCCCCCCCCCCCCCCC(C)(C)N. The molecule has 0 atom stereocenters. The van der Waals surface area contributed by atoms with Gasteiger partial charge in [-0.05, 0) is 20.3 Å². The maximum atomic E-state index is 6.03. The summed E-state index contributed by atoms with van der Waals surface area (Å²) in [5.74, 6) is 0. The molecule has 2 N–H and O–H groups in total. The fraction of sp³-hybridized carbons (Fsp3) is 1.00. The summed E-state index contributed by atoms with van der Waals surface area (Å²) in [6.07, 6.45) is 34.6. The Morgan fingerprint density at radius 1 is 0.379 bits per heavy atom. The van der Waals surface area contributed by atoms with Crippen LogP contribution in [0.1, 0.15) is 175 Å². The van der Waals surface area contributed by atoms with E-state index in [0.29, 0.717) is 0 Å². The van der Waals surface area contributed by atoms with Crippen LogP contribution in [0.5, 0.6) is 0 Å². The molecule has 29 heavy (non-hydrogen) atoms. The summed E-state index contributed by atoms with van der Waals surface area (Å²) in [7, 11) is 0. The first-order valence-electron chi connectivity index (χ1n) is 13.8. The molecule has 0 bridgehead atoms. The molecule has 0 aromatic carbocycles. The second kappa shape index (κ2) is 22.6. The van der Waals surface area contributed by atoms with E-state index in [1.165, 1.54) is 154 Å². The van der Waals surface area contributed by atoms with Crippen LogP contribution in [0.2, 0.25) is 0 Å². The Bertz CT molecular complexity index is 291. The van der Waals surface area contributed by atoms with Crippen LogP contribution >= 0.6 is 0 Å². The number of rotatable bonds is 24. The molecule has 0 amide bonds. The molecular weight excluding hydrogens is 350 g/mol. The van der Waals surface area contributed by atoms with E-state index in [9.17, 15) is 0 Å². The monoisotopic (exact) mass is 409 g/mol. The lowest BCUT2D eigenvalue weighted by molar-refractivity contribution is 0.440. The minimum absolute atomic E-state index is 0.0350. The predicted octanol–water partition coefficient (Wildman–Crippen LogP) is 10.1. The van der Waals surface area contributed by atoms with Crippen molar-refractivity contribution in [1.29, 1.82) is 0 Å². The summed E-state index contributed by atoms with van der Waals surface area (Å²) in [6, 6.07) is 0. The Morgan fingerprint density at radius 3 is 0.793 bits per heavy atom. The second-order valence-electron chi connectivity index (χ2n) is 10.5. The fourth-order valence-electron chi connectivity index (χ4n) is 4.37. The largest absolute Gasteiger partial charge is 0.326 e. The lowest BCUT2D eigenvalue weighted by Gasteiger charge is -2.17. The van der Waals surface area contributed by atoms with Gasteiger partial charge in [0.25, 0.3) is 0 Å². The molecule has 176 valence electrons. The molecule has 0 spiro atoms. The van der Waals surface area contributed by atoms with Gasteiger partial charge in [0.1, 0.15) is 0 Å². The highest BCUT2D eigenvalue weighted by atomic mass is 14.7. The zero-order chi connectivity index (χ0) is 21.5. The molecule has 1 heteroatoms. The van der Waals surface area contributed by atoms with Gasteiger partial charge in [-0.3, -0.25) is 0 Å². The van der Waals surface area contributed by atoms with Crippen LogP contribution in [0, 0.1) is 0 Å². The summed E-state index contributed by atoms with van der Waals surface area (Å²) in [5.41, 5.74) is 6.06. The van der Waals surface area contributed by atoms with E-state index in [1.54, 1.807) is 0 Å². The molecule has 1 nitrogen and oxygen atoms in total.